The van der Waals surface area contributed by atoms with Crippen molar-refractivity contribution in [2.75, 3.05) is 111 Å². The second-order valence-electron chi connectivity index (χ2n) is 16.9. The molecule has 3 aliphatic heterocycles. The fraction of sp³-hybridized carbons (Fsp3) is 0.714. The number of carbonyl (C=O) groups is 6. The van der Waals surface area contributed by atoms with Crippen LogP contribution in [0.1, 0.15) is 38.2 Å². The van der Waals surface area contributed by atoms with Gasteiger partial charge in [0.05, 0.1) is 43.2 Å². The monoisotopic (exact) mass is 1020 g/mol. The molecule has 0 aromatic heterocycles. The quantitative estimate of drug-likeness (QED) is 0.0159. The normalized spacial score (nSPS) is 21.7. The van der Waals surface area contributed by atoms with E-state index in [2.05, 4.69) is 26.0 Å². The molecular weight excluding hydrogens is 951 g/mol. The molecule has 3 fully saturated rings. The maximum absolute atomic E-state index is 12.5. The van der Waals surface area contributed by atoms with E-state index in [1.54, 1.807) is 21.7 Å². The Morgan fingerprint density at radius 2 is 1.51 bits per heavy atom. The number of amides is 4. The lowest BCUT2D eigenvalue weighted by Gasteiger charge is -2.36. The predicted molar refractivity (Wildman–Crippen MR) is 249 cm³/mol. The number of benzene rings is 1. The van der Waals surface area contributed by atoms with E-state index in [1.807, 2.05) is 23.6 Å². The molecule has 1 aromatic carbocycles. The minimum absolute atomic E-state index is 0.0318. The van der Waals surface area contributed by atoms with Gasteiger partial charge in [0.15, 0.2) is 5.75 Å². The van der Waals surface area contributed by atoms with Crippen molar-refractivity contribution >= 4 is 53.4 Å². The average molecular weight is 1020 g/mol. The molecule has 4 rings (SSSR count). The number of hydrogen-bond acceptors (Lipinski definition) is 20. The van der Waals surface area contributed by atoms with Crippen molar-refractivity contribution in [3.8, 4) is 5.75 Å². The number of carboxylic acid groups (broad SMARTS) is 3. The molecule has 70 heavy (non-hydrogen) atoms. The van der Waals surface area contributed by atoms with Gasteiger partial charge in [0.25, 0.3) is 0 Å². The number of aliphatic hydroxyl groups excluding tert-OH is 4. The first-order chi connectivity index (χ1) is 33.3. The van der Waals surface area contributed by atoms with E-state index in [0.717, 1.165) is 31.1 Å². The molecule has 0 aliphatic carbocycles. The molecule has 3 heterocycles. The van der Waals surface area contributed by atoms with Crippen molar-refractivity contribution in [2.24, 2.45) is 0 Å². The van der Waals surface area contributed by atoms with Crippen molar-refractivity contribution in [3.63, 3.8) is 0 Å². The molecule has 1 aromatic rings. The van der Waals surface area contributed by atoms with E-state index < -0.39 is 72.9 Å². The van der Waals surface area contributed by atoms with Gasteiger partial charge in [0, 0.05) is 95.5 Å². The molecule has 7 unspecified atom stereocenters. The largest absolute Gasteiger partial charge is 0.484 e. The molecule has 4 amide bonds. The van der Waals surface area contributed by atoms with Crippen molar-refractivity contribution in [2.45, 2.75) is 80.9 Å². The molecule has 3 saturated heterocycles. The fourth-order valence-corrected chi connectivity index (χ4v) is 9.39. The number of carbonyl (C=O) groups excluding carboxylic acids is 3. The van der Waals surface area contributed by atoms with Gasteiger partial charge in [0.2, 0.25) is 5.91 Å². The number of thioether (sulfide) groups is 1. The van der Waals surface area contributed by atoms with Gasteiger partial charge in [-0.2, -0.15) is 11.8 Å². The highest BCUT2D eigenvalue weighted by atomic mass is 32.2. The van der Waals surface area contributed by atoms with Gasteiger partial charge in [-0.1, -0.05) is 12.5 Å². The van der Waals surface area contributed by atoms with E-state index >= 15 is 0 Å². The summed E-state index contributed by atoms with van der Waals surface area (Å²) in [6.07, 6.45) is -2.15. The summed E-state index contributed by atoms with van der Waals surface area (Å²) in [5.74, 6) is -2.32. The maximum atomic E-state index is 12.5. The Morgan fingerprint density at radius 3 is 2.13 bits per heavy atom. The van der Waals surface area contributed by atoms with Crippen LogP contribution in [0, 0.1) is 10.1 Å². The van der Waals surface area contributed by atoms with Crippen LogP contribution >= 0.6 is 11.8 Å². The third-order valence-corrected chi connectivity index (χ3v) is 13.1. The maximum Gasteiger partial charge on any atom is 0.407 e. The topological polar surface area (TPSA) is 376 Å². The van der Waals surface area contributed by atoms with Crippen LogP contribution in [0.5, 0.6) is 5.75 Å². The number of alkyl carbamates (subject to hydrolysis) is 1. The third-order valence-electron chi connectivity index (χ3n) is 11.6. The third kappa shape index (κ3) is 21.9. The minimum atomic E-state index is -1.74. The minimum Gasteiger partial charge on any atom is -0.484 e. The summed E-state index contributed by atoms with van der Waals surface area (Å²) in [6, 6.07) is 3.98. The zero-order valence-electron chi connectivity index (χ0n) is 39.4. The lowest BCUT2D eigenvalue weighted by Crippen LogP contribution is -2.52. The number of hydrogen-bond donors (Lipinski definition) is 11. The van der Waals surface area contributed by atoms with Crippen LogP contribution in [0.15, 0.2) is 18.2 Å². The highest BCUT2D eigenvalue weighted by Crippen LogP contribution is 2.33. The lowest BCUT2D eigenvalue weighted by atomic mass is 10.0. The number of aliphatic hydroxyl groups is 4. The van der Waals surface area contributed by atoms with E-state index in [9.17, 15) is 69.5 Å². The van der Waals surface area contributed by atoms with Crippen molar-refractivity contribution < 1.29 is 83.6 Å². The number of unbranched alkanes of at least 4 members (excludes halogenated alkanes) is 1. The molecule has 7 atom stereocenters. The summed E-state index contributed by atoms with van der Waals surface area (Å²) in [4.78, 5) is 87.2. The Bertz CT molecular complexity index is 1860. The Balaban J connectivity index is 0.000000633. The molecule has 11 N–H and O–H groups in total. The van der Waals surface area contributed by atoms with Gasteiger partial charge in [-0.25, -0.2) is 9.59 Å². The number of urea groups is 1. The summed E-state index contributed by atoms with van der Waals surface area (Å²) < 4.78 is 15.1. The standard InChI is InChI=1S/C31H50N6O16.C11H19N3O2S/c1-21-13-35(16-29(45)46)9-8-33(14-27(41)42)6-7-34(15-28(43)44)10-11-36(21)5-4-32-31(48)53-17-22-2-3-26(23(12-22)37(49)50)52-19-25(40)30(47)24(39)18-51-20-38;1-12-9(15)5-3-2-4-8-10-7(6-17-8)13-11(16)14-10/h2-3,12,21,24-25,30,38-40,47H,4-11,13-20H2,1H3,(H,32,48)(H,41,42)(H,43,44)(H,45,46);7-8,10H,2-6H2,1H3,(H,12,15)(H2,13,14,16). The van der Waals surface area contributed by atoms with Crippen molar-refractivity contribution in [1.82, 2.24) is 40.9 Å². The fourth-order valence-electron chi connectivity index (χ4n) is 7.85. The van der Waals surface area contributed by atoms with Gasteiger partial charge >= 0.3 is 35.7 Å². The highest BCUT2D eigenvalue weighted by Gasteiger charge is 2.42. The van der Waals surface area contributed by atoms with Crippen LogP contribution in [-0.2, 0) is 35.3 Å². The molecular formula is C42H69N9O18S. The number of nitrogens with zero attached hydrogens (tertiary/aromatic N) is 5. The predicted octanol–water partition coefficient (Wildman–Crippen LogP) is -2.43. The SMILES string of the molecule is CC1CN(CC(=O)O)CCN(CC(=O)O)CCN(CC(=O)O)CCN1CCNC(=O)OCc1ccc(OCC(O)C(O)C(O)COCO)c([N+](=O)[O-])c1.CNC(=O)CCCCC1SCC2NC(=O)NC21. The Hall–Kier alpha value is -5.17. The molecule has 27 nitrogen and oxygen atoms in total. The van der Waals surface area contributed by atoms with Crippen molar-refractivity contribution in [1.29, 1.82) is 0 Å². The van der Waals surface area contributed by atoms with Crippen LogP contribution in [-0.4, -0.2) is 249 Å². The number of fused-ring (bicyclic) bond motifs is 1. The number of rotatable bonds is 25. The average Bonchev–Trinajstić information content (AvgIpc) is 3.87. The summed E-state index contributed by atoms with van der Waals surface area (Å²) in [7, 11) is 1.67. The van der Waals surface area contributed by atoms with Crippen LogP contribution < -0.4 is 26.0 Å². The first kappa shape index (κ1) is 59.1. The van der Waals surface area contributed by atoms with Crippen LogP contribution in [0.3, 0.4) is 0 Å². The van der Waals surface area contributed by atoms with E-state index in [1.165, 1.54) is 12.1 Å². The Kier molecular flexibility index (Phi) is 26.4. The van der Waals surface area contributed by atoms with Crippen LogP contribution in [0.25, 0.3) is 0 Å². The first-order valence-electron chi connectivity index (χ1n) is 22.8. The zero-order chi connectivity index (χ0) is 51.8. The van der Waals surface area contributed by atoms with E-state index in [4.69, 9.17) is 14.6 Å². The number of nitrogens with one attached hydrogen (secondary N) is 4. The summed E-state index contributed by atoms with van der Waals surface area (Å²) in [5.41, 5.74) is -0.294. The Labute approximate surface area is 408 Å². The van der Waals surface area contributed by atoms with E-state index in [0.29, 0.717) is 30.8 Å². The second kappa shape index (κ2) is 31.2. The molecule has 3 aliphatic rings. The van der Waals surface area contributed by atoms with Gasteiger partial charge in [-0.15, -0.1) is 0 Å². The number of carboxylic acids is 3. The molecule has 0 bridgehead atoms. The number of aliphatic carboxylic acids is 3. The molecule has 0 saturated carbocycles. The highest BCUT2D eigenvalue weighted by molar-refractivity contribution is 8.00. The number of ether oxygens (including phenoxy) is 3. The molecule has 0 spiro atoms. The summed E-state index contributed by atoms with van der Waals surface area (Å²) >= 11 is 1.92. The van der Waals surface area contributed by atoms with E-state index in [-0.39, 0.29) is 107 Å². The molecule has 28 heteroatoms. The summed E-state index contributed by atoms with van der Waals surface area (Å²) in [5, 5.41) is 90.0. The van der Waals surface area contributed by atoms with Gasteiger partial charge < -0.3 is 71.2 Å². The molecule has 396 valence electrons. The van der Waals surface area contributed by atoms with Crippen molar-refractivity contribution in [3.05, 3.63) is 33.9 Å². The smallest absolute Gasteiger partial charge is 0.407 e. The zero-order valence-corrected chi connectivity index (χ0v) is 40.2. The summed E-state index contributed by atoms with van der Waals surface area (Å²) in [6.45, 7) is 1.12. The number of nitro benzene ring substituents is 1. The Morgan fingerprint density at radius 1 is 0.900 bits per heavy atom. The van der Waals surface area contributed by atoms with Gasteiger partial charge in [0.1, 0.15) is 38.3 Å². The number of nitro groups is 1. The van der Waals surface area contributed by atoms with Crippen LogP contribution in [0.2, 0.25) is 0 Å². The second-order valence-corrected chi connectivity index (χ2v) is 18.2. The van der Waals surface area contributed by atoms with Gasteiger partial charge in [-0.3, -0.25) is 48.9 Å². The lowest BCUT2D eigenvalue weighted by molar-refractivity contribution is -0.386. The van der Waals surface area contributed by atoms with Crippen LogP contribution in [0.4, 0.5) is 15.3 Å². The molecule has 0 radical (unpaired) electrons. The van der Waals surface area contributed by atoms with Gasteiger partial charge in [-0.05, 0) is 31.4 Å². The first-order valence-corrected chi connectivity index (χ1v) is 23.8.